The van der Waals surface area contributed by atoms with E-state index in [9.17, 15) is 14.4 Å². The topological polar surface area (TPSA) is 90.4 Å². The molecule has 1 saturated heterocycles. The Morgan fingerprint density at radius 3 is 2.21 bits per heavy atom. The molecule has 43 heavy (non-hydrogen) atoms. The van der Waals surface area contributed by atoms with Gasteiger partial charge in [0.25, 0.3) is 5.56 Å². The van der Waals surface area contributed by atoms with E-state index in [-0.39, 0.29) is 24.2 Å². The van der Waals surface area contributed by atoms with Crippen molar-refractivity contribution in [2.45, 2.75) is 45.9 Å². The predicted octanol–water partition coefficient (Wildman–Crippen LogP) is 6.25. The summed E-state index contributed by atoms with van der Waals surface area (Å²) < 4.78 is 12.8. The van der Waals surface area contributed by atoms with Gasteiger partial charge >= 0.3 is 11.7 Å². The molecule has 0 aliphatic carbocycles. The first-order valence-electron chi connectivity index (χ1n) is 14.5. The van der Waals surface area contributed by atoms with Crippen LogP contribution in [0.25, 0.3) is 43.1 Å². The number of esters is 1. The van der Waals surface area contributed by atoms with Crippen molar-refractivity contribution in [3.05, 3.63) is 105 Å². The van der Waals surface area contributed by atoms with Gasteiger partial charge in [0.2, 0.25) is 0 Å². The minimum atomic E-state index is -0.607. The molecule has 1 aliphatic rings. The standard InChI is InChI=1S/C36H30N2O5/c1-36(2,3)34(40)42-20-24-16-18-30(43-24)38-19-23(33(39)37-35(38)41)14-13-21-15-17-29-27-11-5-8-22-7-4-10-26(31(22)27)28-12-6-9-25(21)32(28)29/h4-12,15,17,19,24,30H,16,18,20H2,1-3H3,(H,37,39,41)/t24?,30-/m1/s1. The van der Waals surface area contributed by atoms with Crippen LogP contribution < -0.4 is 11.2 Å². The number of rotatable bonds is 3. The first-order chi connectivity index (χ1) is 20.7. The molecule has 2 heterocycles. The third-order valence-corrected chi connectivity index (χ3v) is 8.23. The molecular formula is C36H30N2O5. The minimum absolute atomic E-state index is 0.113. The number of benzene rings is 5. The van der Waals surface area contributed by atoms with Crippen LogP contribution in [0, 0.1) is 17.3 Å². The van der Waals surface area contributed by atoms with Crippen molar-refractivity contribution >= 4 is 49.1 Å². The van der Waals surface area contributed by atoms with Gasteiger partial charge in [0.1, 0.15) is 18.4 Å². The van der Waals surface area contributed by atoms with Gasteiger partial charge in [-0.25, -0.2) is 4.79 Å². The van der Waals surface area contributed by atoms with Crippen LogP contribution in [0.5, 0.6) is 0 Å². The van der Waals surface area contributed by atoms with E-state index in [1.807, 2.05) is 12.1 Å². The Bertz CT molecular complexity index is 2190. The molecule has 214 valence electrons. The fourth-order valence-corrected chi connectivity index (χ4v) is 6.08. The zero-order chi connectivity index (χ0) is 29.9. The summed E-state index contributed by atoms with van der Waals surface area (Å²) in [6.45, 7) is 5.49. The molecule has 6 aromatic rings. The number of hydrogen-bond acceptors (Lipinski definition) is 5. The molecule has 7 heteroatoms. The van der Waals surface area contributed by atoms with Gasteiger partial charge in [0.15, 0.2) is 0 Å². The maximum atomic E-state index is 12.8. The lowest BCUT2D eigenvalue weighted by molar-refractivity contribution is -0.157. The van der Waals surface area contributed by atoms with Crippen molar-refractivity contribution in [2.75, 3.05) is 6.61 Å². The first-order valence-corrected chi connectivity index (χ1v) is 14.5. The first kappa shape index (κ1) is 26.9. The molecule has 0 radical (unpaired) electrons. The van der Waals surface area contributed by atoms with E-state index in [4.69, 9.17) is 9.47 Å². The Labute approximate surface area is 247 Å². The molecule has 0 amide bonds. The van der Waals surface area contributed by atoms with Gasteiger partial charge in [0, 0.05) is 11.8 Å². The summed E-state index contributed by atoms with van der Waals surface area (Å²) in [5.41, 5.74) is -0.763. The summed E-state index contributed by atoms with van der Waals surface area (Å²) in [5, 5.41) is 9.31. The fourth-order valence-electron chi connectivity index (χ4n) is 6.08. The highest BCUT2D eigenvalue weighted by molar-refractivity contribution is 6.33. The third kappa shape index (κ3) is 4.65. The van der Waals surface area contributed by atoms with Crippen LogP contribution >= 0.6 is 0 Å². The Morgan fingerprint density at radius 2 is 1.49 bits per heavy atom. The molecule has 0 saturated carbocycles. The van der Waals surface area contributed by atoms with Crippen molar-refractivity contribution in [1.29, 1.82) is 0 Å². The number of ether oxygens (including phenoxy) is 2. The van der Waals surface area contributed by atoms with Crippen molar-refractivity contribution in [1.82, 2.24) is 9.55 Å². The Kier molecular flexibility index (Phi) is 6.33. The lowest BCUT2D eigenvalue weighted by atomic mass is 9.88. The molecule has 1 fully saturated rings. The zero-order valence-electron chi connectivity index (χ0n) is 24.2. The molecule has 1 unspecified atom stereocenters. The SMILES string of the molecule is CC(C)(C)C(=O)OCC1CC[C@H](n2cc(C#Cc3ccc4c5cccc6cccc(c7cccc3c74)c65)c(=O)[nH]c2=O)O1. The molecule has 0 spiro atoms. The van der Waals surface area contributed by atoms with Crippen LogP contribution in [0.1, 0.15) is 51.0 Å². The quantitative estimate of drug-likeness (QED) is 0.118. The lowest BCUT2D eigenvalue weighted by Gasteiger charge is -2.19. The van der Waals surface area contributed by atoms with E-state index in [1.165, 1.54) is 32.3 Å². The lowest BCUT2D eigenvalue weighted by Crippen LogP contribution is -2.34. The van der Waals surface area contributed by atoms with Gasteiger partial charge in [-0.1, -0.05) is 72.5 Å². The van der Waals surface area contributed by atoms with Crippen molar-refractivity contribution < 1.29 is 14.3 Å². The minimum Gasteiger partial charge on any atom is -0.463 e. The number of nitrogens with one attached hydrogen (secondary N) is 1. The molecule has 7 nitrogen and oxygen atoms in total. The van der Waals surface area contributed by atoms with E-state index in [0.29, 0.717) is 12.8 Å². The molecule has 2 atom stereocenters. The largest absolute Gasteiger partial charge is 0.463 e. The Balaban J connectivity index is 1.24. The van der Waals surface area contributed by atoms with Gasteiger partial charge in [-0.3, -0.25) is 19.1 Å². The van der Waals surface area contributed by atoms with E-state index >= 15 is 0 Å². The number of nitrogens with zero attached hydrogens (tertiary/aromatic N) is 1. The zero-order valence-corrected chi connectivity index (χ0v) is 24.2. The van der Waals surface area contributed by atoms with Gasteiger partial charge in [0.05, 0.1) is 11.5 Å². The number of aromatic nitrogens is 2. The summed E-state index contributed by atoms with van der Waals surface area (Å²) in [6.07, 6.45) is 1.70. The van der Waals surface area contributed by atoms with Crippen LogP contribution in [0.4, 0.5) is 0 Å². The summed E-state index contributed by atoms with van der Waals surface area (Å²) in [4.78, 5) is 40.0. The number of hydrogen-bond donors (Lipinski definition) is 1. The summed E-state index contributed by atoms with van der Waals surface area (Å²) in [7, 11) is 0. The maximum absolute atomic E-state index is 12.8. The van der Waals surface area contributed by atoms with Crippen molar-refractivity contribution in [3.8, 4) is 11.8 Å². The molecule has 1 aromatic heterocycles. The molecule has 0 bridgehead atoms. The predicted molar refractivity (Wildman–Crippen MR) is 169 cm³/mol. The number of aromatic amines is 1. The molecule has 1 aliphatic heterocycles. The van der Waals surface area contributed by atoms with Crippen molar-refractivity contribution in [2.24, 2.45) is 5.41 Å². The highest BCUT2D eigenvalue weighted by atomic mass is 16.6. The van der Waals surface area contributed by atoms with Gasteiger partial charge < -0.3 is 9.47 Å². The van der Waals surface area contributed by atoms with Gasteiger partial charge in [-0.2, -0.15) is 0 Å². The normalized spacial score (nSPS) is 17.1. The van der Waals surface area contributed by atoms with Crippen LogP contribution in [-0.4, -0.2) is 28.2 Å². The maximum Gasteiger partial charge on any atom is 0.330 e. The number of fused-ring (bicyclic) bond motifs is 2. The van der Waals surface area contributed by atoms with E-state index < -0.39 is 22.9 Å². The van der Waals surface area contributed by atoms with Gasteiger partial charge in [-0.05, 0) is 82.8 Å². The van der Waals surface area contributed by atoms with Crippen LogP contribution in [0.2, 0.25) is 0 Å². The fraction of sp³-hybridized carbons (Fsp3) is 0.250. The van der Waals surface area contributed by atoms with E-state index in [2.05, 4.69) is 71.4 Å². The number of carbonyl (C=O) groups excluding carboxylic acids is 1. The molecule has 5 aromatic carbocycles. The second-order valence-electron chi connectivity index (χ2n) is 12.2. The molecule has 1 N–H and O–H groups in total. The highest BCUT2D eigenvalue weighted by Gasteiger charge is 2.30. The summed E-state index contributed by atoms with van der Waals surface area (Å²) in [6, 6.07) is 23.1. The third-order valence-electron chi connectivity index (χ3n) is 8.23. The monoisotopic (exact) mass is 570 g/mol. The van der Waals surface area contributed by atoms with E-state index in [0.717, 1.165) is 27.1 Å². The number of carbonyl (C=O) groups is 1. The molecule has 7 rings (SSSR count). The Morgan fingerprint density at radius 1 is 0.860 bits per heavy atom. The summed E-state index contributed by atoms with van der Waals surface area (Å²) in [5.74, 6) is 5.91. The highest BCUT2D eigenvalue weighted by Crippen LogP contribution is 2.40. The van der Waals surface area contributed by atoms with Crippen molar-refractivity contribution in [3.63, 3.8) is 0 Å². The second-order valence-corrected chi connectivity index (χ2v) is 12.2. The van der Waals surface area contributed by atoms with Crippen LogP contribution in [0.3, 0.4) is 0 Å². The number of H-pyrrole nitrogens is 1. The average molecular weight is 571 g/mol. The molecular weight excluding hydrogens is 540 g/mol. The smallest absolute Gasteiger partial charge is 0.330 e. The van der Waals surface area contributed by atoms with Crippen LogP contribution in [0.15, 0.2) is 82.5 Å². The second kappa shape index (κ2) is 10.1. The Hall–Kier alpha value is -4.93. The van der Waals surface area contributed by atoms with E-state index in [1.54, 1.807) is 20.8 Å². The summed E-state index contributed by atoms with van der Waals surface area (Å²) >= 11 is 0. The van der Waals surface area contributed by atoms with Gasteiger partial charge in [-0.15, -0.1) is 0 Å². The average Bonchev–Trinajstić information content (AvgIpc) is 3.46. The van der Waals surface area contributed by atoms with Crippen LogP contribution in [-0.2, 0) is 14.3 Å².